The Morgan fingerprint density at radius 1 is 1.33 bits per heavy atom. The number of hydrogen-bond acceptors (Lipinski definition) is 6. The minimum absolute atomic E-state index is 0. The summed E-state index contributed by atoms with van der Waals surface area (Å²) in [6, 6.07) is 0. The van der Waals surface area contributed by atoms with Crippen molar-refractivity contribution < 1.29 is 4.79 Å². The van der Waals surface area contributed by atoms with Gasteiger partial charge in [-0.15, -0.1) is 35.5 Å². The fourth-order valence-corrected chi connectivity index (χ4v) is 5.82. The van der Waals surface area contributed by atoms with Crippen molar-refractivity contribution in [1.82, 2.24) is 20.2 Å². The number of likely N-dealkylation sites (tertiary alicyclic amines) is 1. The molecule has 0 aliphatic carbocycles. The molecule has 2 aliphatic heterocycles. The first-order valence-electron chi connectivity index (χ1n) is 9.04. The average molecular weight is 429 g/mol. The van der Waals surface area contributed by atoms with Crippen molar-refractivity contribution in [3.05, 3.63) is 26.6 Å². The van der Waals surface area contributed by atoms with Crippen LogP contribution in [-0.2, 0) is 10.5 Å². The van der Waals surface area contributed by atoms with E-state index in [2.05, 4.69) is 15.3 Å². The molecule has 2 fully saturated rings. The second-order valence-electron chi connectivity index (χ2n) is 7.35. The molecule has 2 aromatic rings. The quantitative estimate of drug-likeness (QED) is 0.781. The van der Waals surface area contributed by atoms with Crippen LogP contribution >= 0.6 is 35.5 Å². The van der Waals surface area contributed by atoms with Gasteiger partial charge in [0.15, 0.2) is 0 Å². The molecule has 0 spiro atoms. The highest BCUT2D eigenvalue weighted by Gasteiger charge is 2.39. The molecule has 6 nitrogen and oxygen atoms in total. The highest BCUT2D eigenvalue weighted by Crippen LogP contribution is 2.29. The normalized spacial score (nSPS) is 22.7. The van der Waals surface area contributed by atoms with Gasteiger partial charge in [-0.25, -0.2) is 4.98 Å². The Morgan fingerprint density at radius 3 is 2.67 bits per heavy atom. The van der Waals surface area contributed by atoms with Crippen LogP contribution in [0.2, 0.25) is 0 Å². The lowest BCUT2D eigenvalue weighted by atomic mass is 10.0. The molecular weight excluding hydrogens is 404 g/mol. The van der Waals surface area contributed by atoms with Crippen molar-refractivity contribution >= 4 is 51.6 Å². The second kappa shape index (κ2) is 8.11. The van der Waals surface area contributed by atoms with E-state index in [0.29, 0.717) is 28.8 Å². The highest BCUT2D eigenvalue weighted by molar-refractivity contribution is 7.99. The van der Waals surface area contributed by atoms with E-state index >= 15 is 0 Å². The standard InChI is InChI=1S/C18H24N4O2S2.ClH/c1-9-10(2)26-17-15(9)16(23)20-14(21-17)8-25-11(3)18(24)22-6-12-4-19-5-13(12)7-22;/h11-13,19H,4-8H2,1-3H3,(H,20,21,23);1H/t11?,12-,13+;. The van der Waals surface area contributed by atoms with E-state index in [1.165, 1.54) is 0 Å². The first-order valence-corrected chi connectivity index (χ1v) is 10.9. The second-order valence-corrected chi connectivity index (χ2v) is 9.88. The smallest absolute Gasteiger partial charge is 0.259 e. The Balaban J connectivity index is 0.00000210. The van der Waals surface area contributed by atoms with Crippen molar-refractivity contribution in [3.8, 4) is 0 Å². The van der Waals surface area contributed by atoms with E-state index < -0.39 is 0 Å². The number of thioether (sulfide) groups is 1. The molecule has 0 aromatic carbocycles. The maximum Gasteiger partial charge on any atom is 0.259 e. The number of fused-ring (bicyclic) bond motifs is 2. The summed E-state index contributed by atoms with van der Waals surface area (Å²) < 4.78 is 0. The van der Waals surface area contributed by atoms with Crippen molar-refractivity contribution in [2.24, 2.45) is 11.8 Å². The first-order chi connectivity index (χ1) is 12.4. The molecule has 2 aromatic heterocycles. The molecule has 0 bridgehead atoms. The van der Waals surface area contributed by atoms with Gasteiger partial charge in [-0.05, 0) is 38.2 Å². The lowest BCUT2D eigenvalue weighted by Gasteiger charge is -2.21. The van der Waals surface area contributed by atoms with Gasteiger partial charge in [0.1, 0.15) is 10.7 Å². The van der Waals surface area contributed by atoms with Crippen molar-refractivity contribution in [3.63, 3.8) is 0 Å². The predicted molar refractivity (Wildman–Crippen MR) is 114 cm³/mol. The molecule has 1 unspecified atom stereocenters. The number of thiophene rings is 1. The lowest BCUT2D eigenvalue weighted by Crippen LogP contribution is -2.36. The fraction of sp³-hybridized carbons (Fsp3) is 0.611. The summed E-state index contributed by atoms with van der Waals surface area (Å²) >= 11 is 3.10. The summed E-state index contributed by atoms with van der Waals surface area (Å²) in [5, 5.41) is 3.97. The molecule has 1 amide bonds. The minimum Gasteiger partial charge on any atom is -0.341 e. The number of halogens is 1. The third-order valence-corrected chi connectivity index (χ3v) is 7.85. The molecule has 2 aliphatic rings. The van der Waals surface area contributed by atoms with Gasteiger partial charge in [0.25, 0.3) is 5.56 Å². The first kappa shape index (κ1) is 20.6. The number of aromatic amines is 1. The number of amides is 1. The third-order valence-electron chi connectivity index (χ3n) is 5.61. The highest BCUT2D eigenvalue weighted by atomic mass is 35.5. The van der Waals surface area contributed by atoms with Gasteiger partial charge in [-0.1, -0.05) is 0 Å². The number of carbonyl (C=O) groups is 1. The lowest BCUT2D eigenvalue weighted by molar-refractivity contribution is -0.129. The van der Waals surface area contributed by atoms with Crippen LogP contribution in [0.4, 0.5) is 0 Å². The summed E-state index contributed by atoms with van der Waals surface area (Å²) in [6.45, 7) is 9.72. The Morgan fingerprint density at radius 2 is 2.00 bits per heavy atom. The molecule has 0 saturated carbocycles. The van der Waals surface area contributed by atoms with E-state index in [-0.39, 0.29) is 29.1 Å². The maximum absolute atomic E-state index is 12.7. The van der Waals surface area contributed by atoms with Gasteiger partial charge in [0.2, 0.25) is 5.91 Å². The number of aromatic nitrogens is 2. The summed E-state index contributed by atoms with van der Waals surface area (Å²) in [7, 11) is 0. The van der Waals surface area contributed by atoms with E-state index in [9.17, 15) is 9.59 Å². The van der Waals surface area contributed by atoms with Gasteiger partial charge in [-0.2, -0.15) is 0 Å². The van der Waals surface area contributed by atoms with Crippen LogP contribution < -0.4 is 10.9 Å². The largest absolute Gasteiger partial charge is 0.341 e. The monoisotopic (exact) mass is 428 g/mol. The van der Waals surface area contributed by atoms with Crippen molar-refractivity contribution in [2.45, 2.75) is 31.8 Å². The van der Waals surface area contributed by atoms with Crippen LogP contribution in [0.1, 0.15) is 23.2 Å². The Labute approximate surface area is 172 Å². The summed E-state index contributed by atoms with van der Waals surface area (Å²) in [5.74, 6) is 2.62. The zero-order valence-electron chi connectivity index (χ0n) is 15.7. The van der Waals surface area contributed by atoms with Gasteiger partial charge in [0.05, 0.1) is 16.4 Å². The molecule has 27 heavy (non-hydrogen) atoms. The molecule has 9 heteroatoms. The van der Waals surface area contributed by atoms with E-state index in [1.54, 1.807) is 23.1 Å². The van der Waals surface area contributed by atoms with Gasteiger partial charge < -0.3 is 15.2 Å². The van der Waals surface area contributed by atoms with E-state index in [0.717, 1.165) is 41.5 Å². The summed E-state index contributed by atoms with van der Waals surface area (Å²) in [4.78, 5) is 36.5. The van der Waals surface area contributed by atoms with E-state index in [1.807, 2.05) is 25.7 Å². The average Bonchev–Trinajstić information content (AvgIpc) is 3.26. The zero-order valence-corrected chi connectivity index (χ0v) is 18.2. The number of H-pyrrole nitrogens is 1. The van der Waals surface area contributed by atoms with Crippen LogP contribution in [0.5, 0.6) is 0 Å². The molecule has 3 atom stereocenters. The summed E-state index contributed by atoms with van der Waals surface area (Å²) in [5.41, 5.74) is 0.932. The minimum atomic E-state index is -0.130. The van der Waals surface area contributed by atoms with Crippen LogP contribution in [0.15, 0.2) is 4.79 Å². The zero-order chi connectivity index (χ0) is 18.4. The number of hydrogen-bond donors (Lipinski definition) is 2. The van der Waals surface area contributed by atoms with Crippen molar-refractivity contribution in [2.75, 3.05) is 26.2 Å². The Hall–Kier alpha value is -1.09. The van der Waals surface area contributed by atoms with Crippen LogP contribution in [0, 0.1) is 25.7 Å². The molecule has 2 N–H and O–H groups in total. The molecular formula is C18H25ClN4O2S2. The Bertz CT molecular complexity index is 901. The SMILES string of the molecule is Cc1sc2nc(CSC(C)C(=O)N3C[C@H]4CNC[C@H]4C3)[nH]c(=O)c2c1C.Cl. The molecule has 4 heterocycles. The van der Waals surface area contributed by atoms with Crippen molar-refractivity contribution in [1.29, 1.82) is 0 Å². The fourth-order valence-electron chi connectivity index (χ4n) is 3.94. The molecule has 4 rings (SSSR count). The third kappa shape index (κ3) is 3.90. The number of rotatable bonds is 4. The molecule has 2 saturated heterocycles. The maximum atomic E-state index is 12.7. The van der Waals surface area contributed by atoms with E-state index in [4.69, 9.17) is 0 Å². The van der Waals surface area contributed by atoms with Crippen LogP contribution in [0.3, 0.4) is 0 Å². The van der Waals surface area contributed by atoms with Crippen LogP contribution in [0.25, 0.3) is 10.2 Å². The number of carbonyl (C=O) groups excluding carboxylic acids is 1. The summed E-state index contributed by atoms with van der Waals surface area (Å²) in [6.07, 6.45) is 0. The topological polar surface area (TPSA) is 78.1 Å². The molecule has 148 valence electrons. The van der Waals surface area contributed by atoms with Crippen LogP contribution in [-0.4, -0.2) is 52.2 Å². The Kier molecular flexibility index (Phi) is 6.20. The van der Waals surface area contributed by atoms with Gasteiger partial charge in [0, 0.05) is 31.1 Å². The van der Waals surface area contributed by atoms with Gasteiger partial charge >= 0.3 is 0 Å². The molecule has 0 radical (unpaired) electrons. The number of nitrogens with zero attached hydrogens (tertiary/aromatic N) is 2. The predicted octanol–water partition coefficient (Wildman–Crippen LogP) is 2.32. The number of aryl methyl sites for hydroxylation is 2. The van der Waals surface area contributed by atoms with Gasteiger partial charge in [-0.3, -0.25) is 9.59 Å². The number of nitrogens with one attached hydrogen (secondary N) is 2.